The second kappa shape index (κ2) is 5.33. The number of nitrogens with two attached hydrogens (primary N) is 1. The van der Waals surface area contributed by atoms with E-state index >= 15 is 0 Å². The summed E-state index contributed by atoms with van der Waals surface area (Å²) in [6.07, 6.45) is 5.08. The molecule has 0 aliphatic heterocycles. The first-order valence-corrected chi connectivity index (χ1v) is 7.32. The van der Waals surface area contributed by atoms with Gasteiger partial charge >= 0.3 is 0 Å². The Morgan fingerprint density at radius 2 is 2.25 bits per heavy atom. The van der Waals surface area contributed by atoms with Gasteiger partial charge in [-0.3, -0.25) is 0 Å². The Labute approximate surface area is 103 Å². The van der Waals surface area contributed by atoms with E-state index in [0.29, 0.717) is 12.0 Å². The molecule has 2 N–H and O–H groups in total. The third-order valence-corrected chi connectivity index (χ3v) is 4.97. The van der Waals surface area contributed by atoms with Gasteiger partial charge in [0.1, 0.15) is 0 Å². The molecule has 90 valence electrons. The maximum atomic E-state index is 6.26. The van der Waals surface area contributed by atoms with E-state index in [1.807, 2.05) is 11.3 Å². The fourth-order valence-electron chi connectivity index (χ4n) is 2.85. The van der Waals surface area contributed by atoms with Gasteiger partial charge in [-0.2, -0.15) is 0 Å². The minimum Gasteiger partial charge on any atom is -0.327 e. The van der Waals surface area contributed by atoms with Gasteiger partial charge in [0.2, 0.25) is 0 Å². The number of hydrogen-bond acceptors (Lipinski definition) is 2. The molecular weight excluding hydrogens is 214 g/mol. The van der Waals surface area contributed by atoms with Gasteiger partial charge in [-0.1, -0.05) is 19.9 Å². The van der Waals surface area contributed by atoms with Crippen LogP contribution in [0.15, 0.2) is 17.5 Å². The van der Waals surface area contributed by atoms with Crippen LogP contribution in [0.2, 0.25) is 0 Å². The summed E-state index contributed by atoms with van der Waals surface area (Å²) in [7, 11) is 0. The smallest absolute Gasteiger partial charge is 0.00708 e. The van der Waals surface area contributed by atoms with Gasteiger partial charge in [0.15, 0.2) is 0 Å². The van der Waals surface area contributed by atoms with Crippen molar-refractivity contribution in [3.8, 4) is 0 Å². The lowest BCUT2D eigenvalue weighted by Crippen LogP contribution is -2.38. The zero-order valence-corrected chi connectivity index (χ0v) is 11.2. The van der Waals surface area contributed by atoms with Crippen molar-refractivity contribution >= 4 is 11.3 Å². The molecule has 3 unspecified atom stereocenters. The summed E-state index contributed by atoms with van der Waals surface area (Å²) in [6, 6.07) is 4.82. The molecule has 0 spiro atoms. The molecule has 1 aliphatic rings. The molecule has 0 bridgehead atoms. The first-order chi connectivity index (χ1) is 7.66. The Bertz CT molecular complexity index is 305. The van der Waals surface area contributed by atoms with E-state index in [1.54, 1.807) is 0 Å². The molecule has 0 aromatic carbocycles. The first-order valence-electron chi connectivity index (χ1n) is 6.44. The third kappa shape index (κ3) is 2.86. The van der Waals surface area contributed by atoms with E-state index in [4.69, 9.17) is 5.73 Å². The first kappa shape index (κ1) is 12.1. The Morgan fingerprint density at radius 1 is 1.44 bits per heavy atom. The van der Waals surface area contributed by atoms with Gasteiger partial charge in [-0.25, -0.2) is 0 Å². The summed E-state index contributed by atoms with van der Waals surface area (Å²) in [5.41, 5.74) is 6.26. The van der Waals surface area contributed by atoms with Gasteiger partial charge in [-0.15, -0.1) is 11.3 Å². The fourth-order valence-corrected chi connectivity index (χ4v) is 3.65. The molecule has 0 amide bonds. The van der Waals surface area contributed by atoms with E-state index in [0.717, 1.165) is 11.8 Å². The summed E-state index contributed by atoms with van der Waals surface area (Å²) in [6.45, 7) is 4.70. The second-order valence-corrected chi connectivity index (χ2v) is 6.56. The van der Waals surface area contributed by atoms with Crippen LogP contribution >= 0.6 is 11.3 Å². The number of rotatable bonds is 3. The third-order valence-electron chi connectivity index (χ3n) is 4.07. The van der Waals surface area contributed by atoms with E-state index in [1.165, 1.54) is 30.6 Å². The highest BCUT2D eigenvalue weighted by molar-refractivity contribution is 7.09. The summed E-state index contributed by atoms with van der Waals surface area (Å²) < 4.78 is 0. The van der Waals surface area contributed by atoms with Crippen LogP contribution in [0.4, 0.5) is 0 Å². The minimum absolute atomic E-state index is 0.428. The lowest BCUT2D eigenvalue weighted by atomic mass is 9.72. The average Bonchev–Trinajstić information content (AvgIpc) is 2.73. The summed E-state index contributed by atoms with van der Waals surface area (Å²) in [5.74, 6) is 2.42. The van der Waals surface area contributed by atoms with E-state index in [2.05, 4.69) is 31.4 Å². The van der Waals surface area contributed by atoms with E-state index in [9.17, 15) is 0 Å². The van der Waals surface area contributed by atoms with Gasteiger partial charge in [0.05, 0.1) is 0 Å². The van der Waals surface area contributed by atoms with Gasteiger partial charge in [-0.05, 0) is 54.9 Å². The highest BCUT2D eigenvalue weighted by atomic mass is 32.1. The molecule has 1 nitrogen and oxygen atoms in total. The normalized spacial score (nSPS) is 30.9. The topological polar surface area (TPSA) is 26.0 Å². The second-order valence-electron chi connectivity index (χ2n) is 5.52. The molecular formula is C14H23NS. The molecule has 2 heteroatoms. The predicted octanol–water partition coefficient (Wildman–Crippen LogP) is 3.69. The van der Waals surface area contributed by atoms with Crippen LogP contribution in [0.1, 0.15) is 38.0 Å². The molecule has 0 saturated heterocycles. The number of thiophene rings is 1. The summed E-state index contributed by atoms with van der Waals surface area (Å²) in [4.78, 5) is 1.50. The van der Waals surface area contributed by atoms with Crippen molar-refractivity contribution in [3.63, 3.8) is 0 Å². The van der Waals surface area contributed by atoms with Crippen molar-refractivity contribution < 1.29 is 0 Å². The van der Waals surface area contributed by atoms with Crippen molar-refractivity contribution in [1.82, 2.24) is 0 Å². The van der Waals surface area contributed by atoms with Crippen molar-refractivity contribution in [2.45, 2.75) is 45.6 Å². The highest BCUT2D eigenvalue weighted by Crippen LogP contribution is 2.35. The largest absolute Gasteiger partial charge is 0.327 e. The monoisotopic (exact) mass is 237 g/mol. The van der Waals surface area contributed by atoms with E-state index < -0.39 is 0 Å². The molecule has 1 aromatic heterocycles. The van der Waals surface area contributed by atoms with Crippen LogP contribution in [-0.2, 0) is 6.42 Å². The standard InChI is InChI=1S/C14H23NS/c1-10(2)11-5-6-14(15)12(8-11)9-13-4-3-7-16-13/h3-4,7,10-12,14H,5-6,8-9,15H2,1-2H3. The SMILES string of the molecule is CC(C)C1CCC(N)C(Cc2cccs2)C1. The quantitative estimate of drug-likeness (QED) is 0.852. The predicted molar refractivity (Wildman–Crippen MR) is 71.7 cm³/mol. The Morgan fingerprint density at radius 3 is 2.88 bits per heavy atom. The lowest BCUT2D eigenvalue weighted by molar-refractivity contribution is 0.190. The van der Waals surface area contributed by atoms with Crippen LogP contribution in [0, 0.1) is 17.8 Å². The molecule has 2 rings (SSSR count). The van der Waals surface area contributed by atoms with Crippen molar-refractivity contribution in [2.75, 3.05) is 0 Å². The van der Waals surface area contributed by atoms with Crippen LogP contribution < -0.4 is 5.73 Å². The fraction of sp³-hybridized carbons (Fsp3) is 0.714. The summed E-state index contributed by atoms with van der Waals surface area (Å²) >= 11 is 1.87. The molecule has 1 heterocycles. The Hall–Kier alpha value is -0.340. The maximum absolute atomic E-state index is 6.26. The molecule has 1 aromatic rings. The molecule has 16 heavy (non-hydrogen) atoms. The maximum Gasteiger partial charge on any atom is 0.00708 e. The van der Waals surface area contributed by atoms with Crippen molar-refractivity contribution in [2.24, 2.45) is 23.5 Å². The van der Waals surface area contributed by atoms with E-state index in [-0.39, 0.29) is 0 Å². The van der Waals surface area contributed by atoms with Crippen LogP contribution in [0.25, 0.3) is 0 Å². The molecule has 3 atom stereocenters. The minimum atomic E-state index is 0.428. The van der Waals surface area contributed by atoms with Crippen molar-refractivity contribution in [1.29, 1.82) is 0 Å². The van der Waals surface area contributed by atoms with Gasteiger partial charge in [0, 0.05) is 10.9 Å². The molecule has 1 fully saturated rings. The molecule has 0 radical (unpaired) electrons. The van der Waals surface area contributed by atoms with Gasteiger partial charge in [0.25, 0.3) is 0 Å². The lowest BCUT2D eigenvalue weighted by Gasteiger charge is -2.36. The van der Waals surface area contributed by atoms with Crippen LogP contribution in [0.5, 0.6) is 0 Å². The van der Waals surface area contributed by atoms with Gasteiger partial charge < -0.3 is 5.73 Å². The number of hydrogen-bond donors (Lipinski definition) is 1. The highest BCUT2D eigenvalue weighted by Gasteiger charge is 2.29. The molecule has 1 saturated carbocycles. The Kier molecular flexibility index (Phi) is 4.04. The summed E-state index contributed by atoms with van der Waals surface area (Å²) in [5, 5.41) is 2.17. The zero-order chi connectivity index (χ0) is 11.5. The average molecular weight is 237 g/mol. The zero-order valence-electron chi connectivity index (χ0n) is 10.4. The Balaban J connectivity index is 1.96. The van der Waals surface area contributed by atoms with Crippen LogP contribution in [0.3, 0.4) is 0 Å². The molecule has 1 aliphatic carbocycles. The van der Waals surface area contributed by atoms with Crippen molar-refractivity contribution in [3.05, 3.63) is 22.4 Å². The van der Waals surface area contributed by atoms with Crippen LogP contribution in [-0.4, -0.2) is 6.04 Å².